The normalized spacial score (nSPS) is 30.7. The number of esters is 1. The number of ether oxygens (including phenoxy) is 1. The molecule has 1 heterocycles. The highest BCUT2D eigenvalue weighted by Crippen LogP contribution is 2.42. The number of nitrogens with one attached hydrogen (secondary N) is 1. The number of anilines is 1. The molecule has 1 saturated heterocycles. The summed E-state index contributed by atoms with van der Waals surface area (Å²) in [5.74, 6) is 0.381. The fourth-order valence-electron chi connectivity index (χ4n) is 3.99. The van der Waals surface area contributed by atoms with Crippen LogP contribution in [-0.4, -0.2) is 17.6 Å². The van der Waals surface area contributed by atoms with Crippen LogP contribution in [0.3, 0.4) is 0 Å². The number of piperidine rings is 1. The first-order valence-corrected chi connectivity index (χ1v) is 8.68. The Bertz CT molecular complexity index is 562. The van der Waals surface area contributed by atoms with Gasteiger partial charge >= 0.3 is 5.97 Å². The molecule has 1 aromatic carbocycles. The molecule has 0 radical (unpaired) electrons. The van der Waals surface area contributed by atoms with Crippen molar-refractivity contribution < 1.29 is 9.53 Å². The zero-order valence-electron chi connectivity index (χ0n) is 14.3. The van der Waals surface area contributed by atoms with Crippen LogP contribution < -0.4 is 11.1 Å². The Morgan fingerprint density at radius 2 is 1.91 bits per heavy atom. The van der Waals surface area contributed by atoms with E-state index in [4.69, 9.17) is 10.5 Å². The Balaban J connectivity index is 1.85. The smallest absolute Gasteiger partial charge is 0.311 e. The lowest BCUT2D eigenvalue weighted by atomic mass is 9.78. The summed E-state index contributed by atoms with van der Waals surface area (Å²) in [5, 5.41) is 3.73. The van der Waals surface area contributed by atoms with Crippen LogP contribution in [-0.2, 0) is 9.53 Å². The molecule has 1 aliphatic carbocycles. The van der Waals surface area contributed by atoms with Gasteiger partial charge in [0, 0.05) is 17.8 Å². The summed E-state index contributed by atoms with van der Waals surface area (Å²) in [6.07, 6.45) is 4.59. The standard InChI is InChI=1S/C19H28N2O2/c1-19(2,3)23-18(22)15-11-13-5-4-6-16(13)21-17(15)12-7-9-14(20)10-8-12/h7-10,13,15-17,21H,4-6,11,20H2,1-3H3/t13-,15+,16?,17+/m1/s1. The fraction of sp³-hybridized carbons (Fsp3) is 0.632. The van der Waals surface area contributed by atoms with Gasteiger partial charge in [-0.05, 0) is 63.6 Å². The number of carbonyl (C=O) groups excluding carboxylic acids is 1. The summed E-state index contributed by atoms with van der Waals surface area (Å²) in [6.45, 7) is 5.78. The third kappa shape index (κ3) is 3.69. The van der Waals surface area contributed by atoms with Crippen LogP contribution >= 0.6 is 0 Å². The van der Waals surface area contributed by atoms with Crippen molar-refractivity contribution in [2.75, 3.05) is 5.73 Å². The van der Waals surface area contributed by atoms with Gasteiger partial charge in [-0.1, -0.05) is 18.6 Å². The average molecular weight is 316 g/mol. The maximum Gasteiger partial charge on any atom is 0.311 e. The van der Waals surface area contributed by atoms with E-state index in [1.54, 1.807) is 0 Å². The van der Waals surface area contributed by atoms with Crippen molar-refractivity contribution in [1.29, 1.82) is 0 Å². The molecule has 2 fully saturated rings. The molecule has 1 saturated carbocycles. The molecule has 1 unspecified atom stereocenters. The minimum atomic E-state index is -0.449. The molecule has 23 heavy (non-hydrogen) atoms. The summed E-state index contributed by atoms with van der Waals surface area (Å²) < 4.78 is 5.70. The molecule has 126 valence electrons. The zero-order valence-corrected chi connectivity index (χ0v) is 14.3. The first-order valence-electron chi connectivity index (χ1n) is 8.68. The molecule has 3 rings (SSSR count). The number of hydrogen-bond donors (Lipinski definition) is 2. The van der Waals surface area contributed by atoms with E-state index in [0.717, 1.165) is 17.7 Å². The first-order chi connectivity index (χ1) is 10.8. The predicted molar refractivity (Wildman–Crippen MR) is 91.8 cm³/mol. The molecular formula is C19H28N2O2. The SMILES string of the molecule is CC(C)(C)OC(=O)[C@H]1C[C@H]2CCCC2N[C@H]1c1ccc(N)cc1. The number of nitrogens with two attached hydrogens (primary N) is 1. The summed E-state index contributed by atoms with van der Waals surface area (Å²) >= 11 is 0. The van der Waals surface area contributed by atoms with Crippen molar-refractivity contribution in [2.45, 2.75) is 64.1 Å². The van der Waals surface area contributed by atoms with Gasteiger partial charge < -0.3 is 15.8 Å². The molecule has 0 amide bonds. The van der Waals surface area contributed by atoms with E-state index in [2.05, 4.69) is 5.32 Å². The second-order valence-electron chi connectivity index (χ2n) is 7.98. The summed E-state index contributed by atoms with van der Waals surface area (Å²) in [6, 6.07) is 8.41. The lowest BCUT2D eigenvalue weighted by molar-refractivity contribution is -0.163. The average Bonchev–Trinajstić information content (AvgIpc) is 2.92. The topological polar surface area (TPSA) is 64.3 Å². The molecule has 0 bridgehead atoms. The second-order valence-corrected chi connectivity index (χ2v) is 7.98. The molecule has 3 N–H and O–H groups in total. The minimum absolute atomic E-state index is 0.0183. The van der Waals surface area contributed by atoms with Gasteiger partial charge in [0.05, 0.1) is 5.92 Å². The Labute approximate surface area is 138 Å². The van der Waals surface area contributed by atoms with Gasteiger partial charge in [-0.3, -0.25) is 4.79 Å². The zero-order chi connectivity index (χ0) is 16.6. The van der Waals surface area contributed by atoms with Gasteiger partial charge in [0.1, 0.15) is 5.60 Å². The van der Waals surface area contributed by atoms with E-state index in [9.17, 15) is 4.79 Å². The molecule has 0 spiro atoms. The molecule has 4 heteroatoms. The maximum atomic E-state index is 12.8. The van der Waals surface area contributed by atoms with Crippen LogP contribution in [0.25, 0.3) is 0 Å². The Morgan fingerprint density at radius 1 is 1.22 bits per heavy atom. The van der Waals surface area contributed by atoms with Crippen molar-refractivity contribution in [1.82, 2.24) is 5.32 Å². The van der Waals surface area contributed by atoms with E-state index in [1.165, 1.54) is 19.3 Å². The number of hydrogen-bond acceptors (Lipinski definition) is 4. The third-order valence-corrected chi connectivity index (χ3v) is 5.02. The van der Waals surface area contributed by atoms with Gasteiger partial charge in [0.2, 0.25) is 0 Å². The van der Waals surface area contributed by atoms with Crippen LogP contribution in [0.2, 0.25) is 0 Å². The molecule has 1 aliphatic heterocycles. The Kier molecular flexibility index (Phi) is 4.37. The van der Waals surface area contributed by atoms with Crippen molar-refractivity contribution in [2.24, 2.45) is 11.8 Å². The van der Waals surface area contributed by atoms with E-state index in [0.29, 0.717) is 12.0 Å². The maximum absolute atomic E-state index is 12.8. The van der Waals surface area contributed by atoms with Crippen LogP contribution in [0.5, 0.6) is 0 Å². The van der Waals surface area contributed by atoms with Crippen molar-refractivity contribution in [3.63, 3.8) is 0 Å². The summed E-state index contributed by atoms with van der Waals surface area (Å²) in [5.41, 5.74) is 7.23. The lowest BCUT2D eigenvalue weighted by Gasteiger charge is -2.40. The summed E-state index contributed by atoms with van der Waals surface area (Å²) in [4.78, 5) is 12.8. The fourth-order valence-corrected chi connectivity index (χ4v) is 3.99. The van der Waals surface area contributed by atoms with E-state index in [1.807, 2.05) is 45.0 Å². The van der Waals surface area contributed by atoms with Gasteiger partial charge in [0.15, 0.2) is 0 Å². The highest BCUT2D eigenvalue weighted by atomic mass is 16.6. The largest absolute Gasteiger partial charge is 0.460 e. The van der Waals surface area contributed by atoms with Gasteiger partial charge in [-0.2, -0.15) is 0 Å². The minimum Gasteiger partial charge on any atom is -0.460 e. The number of rotatable bonds is 2. The van der Waals surface area contributed by atoms with Crippen molar-refractivity contribution in [3.8, 4) is 0 Å². The number of fused-ring (bicyclic) bond motifs is 1. The van der Waals surface area contributed by atoms with Crippen molar-refractivity contribution in [3.05, 3.63) is 29.8 Å². The van der Waals surface area contributed by atoms with Gasteiger partial charge in [-0.25, -0.2) is 0 Å². The second kappa shape index (κ2) is 6.16. The molecule has 4 atom stereocenters. The monoisotopic (exact) mass is 316 g/mol. The Morgan fingerprint density at radius 3 is 2.57 bits per heavy atom. The van der Waals surface area contributed by atoms with Crippen LogP contribution in [0.15, 0.2) is 24.3 Å². The Hall–Kier alpha value is -1.55. The highest BCUT2D eigenvalue weighted by molar-refractivity contribution is 5.74. The third-order valence-electron chi connectivity index (χ3n) is 5.02. The predicted octanol–water partition coefficient (Wildman–Crippen LogP) is 3.43. The van der Waals surface area contributed by atoms with Gasteiger partial charge in [-0.15, -0.1) is 0 Å². The molecule has 0 aromatic heterocycles. The quantitative estimate of drug-likeness (QED) is 0.648. The van der Waals surface area contributed by atoms with Crippen molar-refractivity contribution >= 4 is 11.7 Å². The van der Waals surface area contributed by atoms with E-state index >= 15 is 0 Å². The molecule has 1 aromatic rings. The van der Waals surface area contributed by atoms with Gasteiger partial charge in [0.25, 0.3) is 0 Å². The number of carbonyl (C=O) groups is 1. The highest BCUT2D eigenvalue weighted by Gasteiger charge is 2.43. The van der Waals surface area contributed by atoms with Crippen LogP contribution in [0.1, 0.15) is 58.1 Å². The number of benzene rings is 1. The molecular weight excluding hydrogens is 288 g/mol. The molecule has 4 nitrogen and oxygen atoms in total. The number of nitrogen functional groups attached to an aromatic ring is 1. The van der Waals surface area contributed by atoms with E-state index < -0.39 is 5.60 Å². The summed E-state index contributed by atoms with van der Waals surface area (Å²) in [7, 11) is 0. The first kappa shape index (κ1) is 16.3. The van der Waals surface area contributed by atoms with Crippen LogP contribution in [0, 0.1) is 11.8 Å². The van der Waals surface area contributed by atoms with Crippen LogP contribution in [0.4, 0.5) is 5.69 Å². The van der Waals surface area contributed by atoms with E-state index in [-0.39, 0.29) is 17.9 Å². The molecule has 2 aliphatic rings. The lowest BCUT2D eigenvalue weighted by Crippen LogP contribution is -2.48.